The van der Waals surface area contributed by atoms with E-state index in [1.165, 1.54) is 23.1 Å². The first kappa shape index (κ1) is 20.2. The lowest BCUT2D eigenvalue weighted by Gasteiger charge is -2.25. The van der Waals surface area contributed by atoms with E-state index in [1.54, 1.807) is 18.2 Å². The van der Waals surface area contributed by atoms with Crippen LogP contribution in [0.15, 0.2) is 42.5 Å². The molecule has 1 atom stereocenters. The van der Waals surface area contributed by atoms with E-state index in [2.05, 4.69) is 5.32 Å². The fourth-order valence-electron chi connectivity index (χ4n) is 3.28. The summed E-state index contributed by atoms with van der Waals surface area (Å²) in [7, 11) is 0. The number of nitrogens with one attached hydrogen (secondary N) is 1. The Hall–Kier alpha value is -3.07. The van der Waals surface area contributed by atoms with Crippen molar-refractivity contribution >= 4 is 34.4 Å². The van der Waals surface area contributed by atoms with Crippen LogP contribution in [0.4, 0.5) is 10.1 Å². The van der Waals surface area contributed by atoms with Crippen molar-refractivity contribution in [2.45, 2.75) is 13.0 Å². The van der Waals surface area contributed by atoms with Gasteiger partial charge in [-0.3, -0.25) is 14.4 Å². The van der Waals surface area contributed by atoms with Gasteiger partial charge in [0, 0.05) is 24.4 Å². The first-order valence-corrected chi connectivity index (χ1v) is 10.4. The molecule has 0 spiro atoms. The molecule has 2 aliphatic heterocycles. The van der Waals surface area contributed by atoms with Crippen LogP contribution in [-0.2, 0) is 20.9 Å². The third kappa shape index (κ3) is 4.56. The standard InChI is InChI=1S/C21H19FN2O5S/c22-15-2-1-3-16(8-15)24(21(27)14-7-20(26)30-11-14)10-19(25)23-9-13-4-5-17-18(6-13)29-12-28-17/h1-6,8,14H,7,9-12H2,(H,23,25)/t14-/m0/s1. The Labute approximate surface area is 176 Å². The largest absolute Gasteiger partial charge is 0.454 e. The van der Waals surface area contributed by atoms with Gasteiger partial charge in [0.05, 0.1) is 5.92 Å². The zero-order chi connectivity index (χ0) is 21.1. The van der Waals surface area contributed by atoms with Crippen LogP contribution < -0.4 is 19.7 Å². The van der Waals surface area contributed by atoms with Crippen molar-refractivity contribution in [1.29, 1.82) is 0 Å². The van der Waals surface area contributed by atoms with Gasteiger partial charge in [0.25, 0.3) is 0 Å². The number of nitrogens with zero attached hydrogens (tertiary/aromatic N) is 1. The molecule has 2 heterocycles. The molecule has 7 nitrogen and oxygen atoms in total. The molecule has 30 heavy (non-hydrogen) atoms. The summed E-state index contributed by atoms with van der Waals surface area (Å²) in [5, 5.41) is 2.71. The molecule has 2 aliphatic rings. The van der Waals surface area contributed by atoms with Gasteiger partial charge >= 0.3 is 0 Å². The summed E-state index contributed by atoms with van der Waals surface area (Å²) >= 11 is 1.10. The van der Waals surface area contributed by atoms with Gasteiger partial charge in [0.15, 0.2) is 16.6 Å². The van der Waals surface area contributed by atoms with Crippen LogP contribution in [0.5, 0.6) is 11.5 Å². The summed E-state index contributed by atoms with van der Waals surface area (Å²) in [6.45, 7) is 0.123. The monoisotopic (exact) mass is 430 g/mol. The molecule has 2 aromatic carbocycles. The number of carbonyl (C=O) groups excluding carboxylic acids is 3. The van der Waals surface area contributed by atoms with Crippen LogP contribution in [-0.4, -0.2) is 36.0 Å². The summed E-state index contributed by atoms with van der Waals surface area (Å²) in [5.74, 6) is -0.170. The number of benzene rings is 2. The number of amides is 2. The van der Waals surface area contributed by atoms with E-state index >= 15 is 0 Å². The Balaban J connectivity index is 1.44. The molecule has 9 heteroatoms. The summed E-state index contributed by atoms with van der Waals surface area (Å²) in [5.41, 5.74) is 1.09. The highest BCUT2D eigenvalue weighted by molar-refractivity contribution is 8.14. The summed E-state index contributed by atoms with van der Waals surface area (Å²) in [6.07, 6.45) is 0.119. The van der Waals surface area contributed by atoms with E-state index in [9.17, 15) is 18.8 Å². The molecular weight excluding hydrogens is 411 g/mol. The molecule has 0 bridgehead atoms. The minimum Gasteiger partial charge on any atom is -0.454 e. The maximum absolute atomic E-state index is 13.7. The Bertz CT molecular complexity index is 999. The average Bonchev–Trinajstić information content (AvgIpc) is 3.38. The highest BCUT2D eigenvalue weighted by Crippen LogP contribution is 2.32. The maximum Gasteiger partial charge on any atom is 0.240 e. The highest BCUT2D eigenvalue weighted by atomic mass is 32.2. The van der Waals surface area contributed by atoms with E-state index in [4.69, 9.17) is 9.47 Å². The van der Waals surface area contributed by atoms with Crippen LogP contribution in [0.1, 0.15) is 12.0 Å². The molecule has 0 saturated carbocycles. The van der Waals surface area contributed by atoms with Gasteiger partial charge in [-0.1, -0.05) is 23.9 Å². The molecule has 0 aliphatic carbocycles. The zero-order valence-corrected chi connectivity index (χ0v) is 16.7. The highest BCUT2D eigenvalue weighted by Gasteiger charge is 2.33. The van der Waals surface area contributed by atoms with E-state index < -0.39 is 17.6 Å². The lowest BCUT2D eigenvalue weighted by atomic mass is 10.1. The number of rotatable bonds is 6. The lowest BCUT2D eigenvalue weighted by molar-refractivity contribution is -0.126. The Kier molecular flexibility index (Phi) is 5.89. The van der Waals surface area contributed by atoms with Gasteiger partial charge in [-0.2, -0.15) is 0 Å². The summed E-state index contributed by atoms with van der Waals surface area (Å²) in [4.78, 5) is 38.3. The van der Waals surface area contributed by atoms with Gasteiger partial charge in [0.2, 0.25) is 18.6 Å². The maximum atomic E-state index is 13.7. The van der Waals surface area contributed by atoms with Crippen LogP contribution in [0.25, 0.3) is 0 Å². The van der Waals surface area contributed by atoms with Crippen molar-refractivity contribution in [1.82, 2.24) is 5.32 Å². The summed E-state index contributed by atoms with van der Waals surface area (Å²) in [6, 6.07) is 10.9. The minimum absolute atomic E-state index is 0.0557. The zero-order valence-electron chi connectivity index (χ0n) is 15.9. The topological polar surface area (TPSA) is 84.9 Å². The van der Waals surface area contributed by atoms with Crippen molar-refractivity contribution in [3.63, 3.8) is 0 Å². The third-order valence-electron chi connectivity index (χ3n) is 4.82. The smallest absolute Gasteiger partial charge is 0.240 e. The molecule has 2 amide bonds. The number of anilines is 1. The molecular formula is C21H19FN2O5S. The number of fused-ring (bicyclic) bond motifs is 1. The van der Waals surface area contributed by atoms with Crippen molar-refractivity contribution in [3.8, 4) is 11.5 Å². The molecule has 1 saturated heterocycles. The van der Waals surface area contributed by atoms with Gasteiger partial charge < -0.3 is 19.7 Å². The number of hydrogen-bond donors (Lipinski definition) is 1. The minimum atomic E-state index is -0.521. The van der Waals surface area contributed by atoms with Gasteiger partial charge in [-0.05, 0) is 35.9 Å². The fourth-order valence-corrected chi connectivity index (χ4v) is 4.25. The molecule has 0 radical (unpaired) electrons. The molecule has 0 unspecified atom stereocenters. The number of hydrogen-bond acceptors (Lipinski definition) is 6. The van der Waals surface area contributed by atoms with Crippen LogP contribution >= 0.6 is 11.8 Å². The first-order chi connectivity index (χ1) is 14.5. The SMILES string of the molecule is O=C(CN(C(=O)[C@@H]1CSC(=O)C1)c1cccc(F)c1)NCc1ccc2c(c1)OCO2. The Morgan fingerprint density at radius 2 is 2.00 bits per heavy atom. The van der Waals surface area contributed by atoms with Crippen molar-refractivity contribution in [2.24, 2.45) is 5.92 Å². The second kappa shape index (κ2) is 8.74. The van der Waals surface area contributed by atoms with Crippen molar-refractivity contribution in [3.05, 3.63) is 53.8 Å². The third-order valence-corrected chi connectivity index (χ3v) is 5.88. The van der Waals surface area contributed by atoms with E-state index in [-0.39, 0.29) is 43.0 Å². The molecule has 2 aromatic rings. The van der Waals surface area contributed by atoms with Crippen molar-refractivity contribution in [2.75, 3.05) is 24.0 Å². The van der Waals surface area contributed by atoms with E-state index in [0.29, 0.717) is 17.3 Å². The second-order valence-corrected chi connectivity index (χ2v) is 8.03. The second-order valence-electron chi connectivity index (χ2n) is 6.95. The quantitative estimate of drug-likeness (QED) is 0.758. The van der Waals surface area contributed by atoms with Crippen LogP contribution in [0, 0.1) is 11.7 Å². The number of ether oxygens (including phenoxy) is 2. The molecule has 1 fully saturated rings. The average molecular weight is 430 g/mol. The molecule has 0 aromatic heterocycles. The Morgan fingerprint density at radius 3 is 2.77 bits per heavy atom. The number of thioether (sulfide) groups is 1. The molecule has 156 valence electrons. The van der Waals surface area contributed by atoms with Gasteiger partial charge in [0.1, 0.15) is 12.4 Å². The summed E-state index contributed by atoms with van der Waals surface area (Å²) < 4.78 is 24.3. The fraction of sp³-hybridized carbons (Fsp3) is 0.286. The predicted molar refractivity (Wildman–Crippen MR) is 109 cm³/mol. The van der Waals surface area contributed by atoms with E-state index in [0.717, 1.165) is 17.3 Å². The van der Waals surface area contributed by atoms with E-state index in [1.807, 2.05) is 6.07 Å². The lowest BCUT2D eigenvalue weighted by Crippen LogP contribution is -2.43. The van der Waals surface area contributed by atoms with Crippen LogP contribution in [0.2, 0.25) is 0 Å². The number of halogens is 1. The van der Waals surface area contributed by atoms with Gasteiger partial charge in [-0.25, -0.2) is 4.39 Å². The van der Waals surface area contributed by atoms with Crippen LogP contribution in [0.3, 0.4) is 0 Å². The van der Waals surface area contributed by atoms with Gasteiger partial charge in [-0.15, -0.1) is 0 Å². The van der Waals surface area contributed by atoms with Crippen molar-refractivity contribution < 1.29 is 28.2 Å². The first-order valence-electron chi connectivity index (χ1n) is 9.37. The predicted octanol–water partition coefficient (Wildman–Crippen LogP) is 2.48. The molecule has 4 rings (SSSR count). The molecule has 1 N–H and O–H groups in total. The number of carbonyl (C=O) groups is 3. The Morgan fingerprint density at radius 1 is 1.17 bits per heavy atom. The normalized spacial score (nSPS) is 17.1.